The van der Waals surface area contributed by atoms with Gasteiger partial charge in [0.05, 0.1) is 18.8 Å². The Bertz CT molecular complexity index is 784. The molecule has 0 radical (unpaired) electrons. The van der Waals surface area contributed by atoms with Crippen molar-refractivity contribution in [3.8, 4) is 0 Å². The highest BCUT2D eigenvalue weighted by molar-refractivity contribution is 5.80. The van der Waals surface area contributed by atoms with E-state index in [4.69, 9.17) is 0 Å². The molecule has 5 nitrogen and oxygen atoms in total. The van der Waals surface area contributed by atoms with Crippen molar-refractivity contribution in [3.05, 3.63) is 24.3 Å². The van der Waals surface area contributed by atoms with E-state index in [1.807, 2.05) is 6.08 Å². The number of hydrogen-bond donors (Lipinski definition) is 4. The smallest absolute Gasteiger partial charge is 0.249 e. The SMILES string of the molecule is CCCCCCCCCCC/C=C/CC/C=C/C(O)C(CO)NC(=O)C(O)CCCCCCCCCCCCCCCCCCCCCCCCCC. The van der Waals surface area contributed by atoms with E-state index in [-0.39, 0.29) is 6.61 Å². The molecule has 314 valence electrons. The van der Waals surface area contributed by atoms with Crippen LogP contribution < -0.4 is 5.32 Å². The zero-order chi connectivity index (χ0) is 38.7. The van der Waals surface area contributed by atoms with Crippen molar-refractivity contribution in [1.82, 2.24) is 5.32 Å². The average molecular weight is 748 g/mol. The van der Waals surface area contributed by atoms with Crippen molar-refractivity contribution in [1.29, 1.82) is 0 Å². The maximum absolute atomic E-state index is 12.5. The van der Waals surface area contributed by atoms with Gasteiger partial charge in [0.15, 0.2) is 0 Å². The number of aliphatic hydroxyl groups excluding tert-OH is 3. The highest BCUT2D eigenvalue weighted by atomic mass is 16.3. The summed E-state index contributed by atoms with van der Waals surface area (Å²) in [6.07, 6.45) is 53.7. The van der Waals surface area contributed by atoms with Gasteiger partial charge in [-0.15, -0.1) is 0 Å². The van der Waals surface area contributed by atoms with Crippen molar-refractivity contribution >= 4 is 5.91 Å². The summed E-state index contributed by atoms with van der Waals surface area (Å²) < 4.78 is 0. The van der Waals surface area contributed by atoms with Crippen LogP contribution in [0.4, 0.5) is 0 Å². The third kappa shape index (κ3) is 38.9. The zero-order valence-corrected chi connectivity index (χ0v) is 35.7. The molecule has 0 spiro atoms. The molecule has 4 N–H and O–H groups in total. The maximum atomic E-state index is 12.5. The molecule has 0 aliphatic rings. The normalized spacial score (nSPS) is 13.7. The van der Waals surface area contributed by atoms with Crippen LogP contribution in [-0.4, -0.2) is 46.1 Å². The topological polar surface area (TPSA) is 89.8 Å². The lowest BCUT2D eigenvalue weighted by Gasteiger charge is -2.21. The van der Waals surface area contributed by atoms with E-state index in [0.29, 0.717) is 6.42 Å². The lowest BCUT2D eigenvalue weighted by molar-refractivity contribution is -0.131. The third-order valence-electron chi connectivity index (χ3n) is 11.0. The average Bonchev–Trinajstić information content (AvgIpc) is 3.16. The summed E-state index contributed by atoms with van der Waals surface area (Å²) in [7, 11) is 0. The van der Waals surface area contributed by atoms with Gasteiger partial charge in [-0.2, -0.15) is 0 Å². The summed E-state index contributed by atoms with van der Waals surface area (Å²) in [5, 5.41) is 33.1. The molecule has 0 aromatic heterocycles. The first-order chi connectivity index (χ1) is 26.1. The molecule has 0 aromatic carbocycles. The van der Waals surface area contributed by atoms with Crippen molar-refractivity contribution in [2.45, 2.75) is 270 Å². The van der Waals surface area contributed by atoms with Crippen LogP contribution in [0.3, 0.4) is 0 Å². The Labute approximate surface area is 331 Å². The predicted molar refractivity (Wildman–Crippen MR) is 231 cm³/mol. The lowest BCUT2D eigenvalue weighted by atomic mass is 10.0. The first-order valence-electron chi connectivity index (χ1n) is 23.7. The molecule has 3 atom stereocenters. The molecular weight excluding hydrogens is 655 g/mol. The molecule has 0 heterocycles. The Morgan fingerprint density at radius 1 is 0.453 bits per heavy atom. The largest absolute Gasteiger partial charge is 0.394 e. The predicted octanol–water partition coefficient (Wildman–Crippen LogP) is 13.8. The standard InChI is InChI=1S/C48H93NO4/c1-3-5-7-9-11-13-15-17-19-20-21-22-23-24-25-26-27-29-31-33-35-37-39-41-43-47(52)48(53)49-45(44-50)46(51)42-40-38-36-34-32-30-28-18-16-14-12-10-8-6-4-2/h32,34,40,42,45-47,50-52H,3-31,33,35-39,41,43-44H2,1-2H3,(H,49,53)/b34-32+,42-40+. The number of rotatable bonds is 43. The molecule has 0 fully saturated rings. The molecule has 0 aliphatic heterocycles. The molecule has 5 heteroatoms. The second-order valence-corrected chi connectivity index (χ2v) is 16.3. The molecule has 0 aliphatic carbocycles. The number of allylic oxidation sites excluding steroid dienone is 3. The zero-order valence-electron chi connectivity index (χ0n) is 35.7. The van der Waals surface area contributed by atoms with Gasteiger partial charge in [0, 0.05) is 0 Å². The van der Waals surface area contributed by atoms with Gasteiger partial charge in [-0.25, -0.2) is 0 Å². The summed E-state index contributed by atoms with van der Waals surface area (Å²) in [5.74, 6) is -0.509. The molecule has 1 amide bonds. The van der Waals surface area contributed by atoms with Crippen LogP contribution >= 0.6 is 0 Å². The number of nitrogens with one attached hydrogen (secondary N) is 1. The van der Waals surface area contributed by atoms with Crippen molar-refractivity contribution < 1.29 is 20.1 Å². The minimum absolute atomic E-state index is 0.373. The van der Waals surface area contributed by atoms with Crippen LogP contribution in [0.1, 0.15) is 251 Å². The second kappa shape index (κ2) is 43.6. The molecule has 0 bridgehead atoms. The van der Waals surface area contributed by atoms with Crippen LogP contribution in [0.2, 0.25) is 0 Å². The van der Waals surface area contributed by atoms with Crippen LogP contribution in [0.5, 0.6) is 0 Å². The third-order valence-corrected chi connectivity index (χ3v) is 11.0. The molecule has 0 rings (SSSR count). The number of amides is 1. The van der Waals surface area contributed by atoms with E-state index >= 15 is 0 Å². The van der Waals surface area contributed by atoms with Gasteiger partial charge in [0.2, 0.25) is 5.91 Å². The van der Waals surface area contributed by atoms with Crippen LogP contribution in [0, 0.1) is 0 Å². The number of carbonyl (C=O) groups is 1. The maximum Gasteiger partial charge on any atom is 0.249 e. The Morgan fingerprint density at radius 2 is 0.774 bits per heavy atom. The summed E-state index contributed by atoms with van der Waals surface area (Å²) in [6.45, 7) is 4.18. The fourth-order valence-electron chi connectivity index (χ4n) is 7.32. The highest BCUT2D eigenvalue weighted by Gasteiger charge is 2.22. The molecule has 0 aromatic rings. The van der Waals surface area contributed by atoms with E-state index in [1.54, 1.807) is 6.08 Å². The highest BCUT2D eigenvalue weighted by Crippen LogP contribution is 2.16. The number of hydrogen-bond acceptors (Lipinski definition) is 4. The van der Waals surface area contributed by atoms with Gasteiger partial charge in [0.25, 0.3) is 0 Å². The van der Waals surface area contributed by atoms with Crippen molar-refractivity contribution in [2.24, 2.45) is 0 Å². The van der Waals surface area contributed by atoms with Crippen molar-refractivity contribution in [2.75, 3.05) is 6.61 Å². The summed E-state index contributed by atoms with van der Waals surface area (Å²) in [6, 6.07) is -0.810. The van der Waals surface area contributed by atoms with Gasteiger partial charge in [-0.05, 0) is 32.1 Å². The van der Waals surface area contributed by atoms with E-state index in [0.717, 1.165) is 38.5 Å². The lowest BCUT2D eigenvalue weighted by Crippen LogP contribution is -2.48. The minimum Gasteiger partial charge on any atom is -0.394 e. The molecular formula is C48H93NO4. The molecule has 3 unspecified atom stereocenters. The molecule has 53 heavy (non-hydrogen) atoms. The summed E-state index contributed by atoms with van der Waals surface area (Å²) in [5.41, 5.74) is 0. The molecule has 0 saturated heterocycles. The fourth-order valence-corrected chi connectivity index (χ4v) is 7.32. The first-order valence-corrected chi connectivity index (χ1v) is 23.7. The summed E-state index contributed by atoms with van der Waals surface area (Å²) >= 11 is 0. The van der Waals surface area contributed by atoms with Gasteiger partial charge in [-0.1, -0.05) is 244 Å². The second-order valence-electron chi connectivity index (χ2n) is 16.3. The van der Waals surface area contributed by atoms with Gasteiger partial charge in [-0.3, -0.25) is 4.79 Å². The van der Waals surface area contributed by atoms with Gasteiger partial charge in [0.1, 0.15) is 6.10 Å². The van der Waals surface area contributed by atoms with Crippen LogP contribution in [0.15, 0.2) is 24.3 Å². The van der Waals surface area contributed by atoms with E-state index < -0.39 is 24.2 Å². The number of aliphatic hydroxyl groups is 3. The van der Waals surface area contributed by atoms with Crippen LogP contribution in [0.25, 0.3) is 0 Å². The monoisotopic (exact) mass is 748 g/mol. The fraction of sp³-hybridized carbons (Fsp3) is 0.896. The first kappa shape index (κ1) is 51.8. The quantitative estimate of drug-likeness (QED) is 0.0369. The van der Waals surface area contributed by atoms with E-state index in [2.05, 4.69) is 31.3 Å². The Hall–Kier alpha value is -1.17. The Balaban J connectivity index is 3.61. The van der Waals surface area contributed by atoms with Gasteiger partial charge < -0.3 is 20.6 Å². The summed E-state index contributed by atoms with van der Waals surface area (Å²) in [4.78, 5) is 12.5. The van der Waals surface area contributed by atoms with Crippen LogP contribution in [-0.2, 0) is 4.79 Å². The minimum atomic E-state index is -1.10. The van der Waals surface area contributed by atoms with E-state index in [9.17, 15) is 20.1 Å². The van der Waals surface area contributed by atoms with Gasteiger partial charge >= 0.3 is 0 Å². The Morgan fingerprint density at radius 3 is 1.15 bits per heavy atom. The molecule has 0 saturated carbocycles. The number of carbonyl (C=O) groups excluding carboxylic acids is 1. The van der Waals surface area contributed by atoms with Crippen molar-refractivity contribution in [3.63, 3.8) is 0 Å². The Kier molecular flexibility index (Phi) is 42.6. The van der Waals surface area contributed by atoms with E-state index in [1.165, 1.54) is 193 Å². The number of unbranched alkanes of at least 4 members (excludes halogenated alkanes) is 33.